The van der Waals surface area contributed by atoms with Gasteiger partial charge in [-0.3, -0.25) is 19.0 Å². The molecule has 2 aromatic heterocycles. The molecule has 446 valence electrons. The van der Waals surface area contributed by atoms with Gasteiger partial charge in [0.2, 0.25) is 28.6 Å². The Kier molecular flexibility index (Phi) is 18.6. The Bertz CT molecular complexity index is 3520. The molecule has 3 amide bonds. The minimum absolute atomic E-state index is 0.0559. The number of ether oxygens (including phenoxy) is 1. The van der Waals surface area contributed by atoms with E-state index in [9.17, 15) is 70.9 Å². The van der Waals surface area contributed by atoms with Crippen LogP contribution in [0.4, 0.5) is 54.5 Å². The number of fused-ring (bicyclic) bond motifs is 2. The zero-order valence-corrected chi connectivity index (χ0v) is 47.1. The van der Waals surface area contributed by atoms with E-state index in [0.717, 1.165) is 56.3 Å². The molecule has 6 rings (SSSR count). The van der Waals surface area contributed by atoms with Crippen LogP contribution in [0.15, 0.2) is 48.5 Å². The summed E-state index contributed by atoms with van der Waals surface area (Å²) in [5.74, 6) is -13.0. The van der Waals surface area contributed by atoms with Crippen molar-refractivity contribution in [1.29, 1.82) is 0 Å². The molecule has 0 spiro atoms. The second-order valence-corrected chi connectivity index (χ2v) is 26.2. The van der Waals surface area contributed by atoms with Crippen molar-refractivity contribution in [3.8, 4) is 11.1 Å². The second kappa shape index (κ2) is 23.4. The molecule has 3 atom stereocenters. The largest absolute Gasteiger partial charge is 0.472 e. The standard InChI is InChI=1S/C48H53ClF10N7O12PS2/c1-25-26(2)47(55,56)42-38(25)41(48(57,58)59)61-64(42)22-36(67)60-35(20-28-17-29(50)21-30(51)18-28)33-19-27(14-15-45(3,4)80(6,73)74)10-11-31(33)32-12-13-34(49)39-40(32)65(23-46(52,53)54)62-43(39)66(81(7,75)76)37(68)9-8-16-63(5)44(69)77-24-78-79(70,71)72/h10-13,17-19,21,25-26,35H,8-9,14-16,20,22-24H2,1-7H3,(H,60,67)(H2,70,71,72)/t25-,26+,35-/m0/s1. The molecule has 81 heavy (non-hydrogen) atoms. The fraction of sp³-hybridized carbons (Fsp3) is 0.479. The Morgan fingerprint density at radius 2 is 1.53 bits per heavy atom. The van der Waals surface area contributed by atoms with E-state index in [1.807, 2.05) is 0 Å². The summed E-state index contributed by atoms with van der Waals surface area (Å²) < 4.78 is 220. The van der Waals surface area contributed by atoms with Gasteiger partial charge < -0.3 is 24.7 Å². The third-order valence-corrected chi connectivity index (χ3v) is 17.7. The monoisotopic (exact) mass is 1240 g/mol. The van der Waals surface area contributed by atoms with E-state index in [0.29, 0.717) is 12.3 Å². The zero-order valence-electron chi connectivity index (χ0n) is 43.8. The van der Waals surface area contributed by atoms with Crippen molar-refractivity contribution in [2.24, 2.45) is 5.92 Å². The van der Waals surface area contributed by atoms with Crippen LogP contribution in [0.5, 0.6) is 0 Å². The molecule has 1 aliphatic rings. The molecule has 2 heterocycles. The molecular formula is C48H53ClF10N7O12PS2. The van der Waals surface area contributed by atoms with Crippen LogP contribution in [0.1, 0.15) is 92.6 Å². The summed E-state index contributed by atoms with van der Waals surface area (Å²) in [6, 6.07) is 6.67. The van der Waals surface area contributed by atoms with Crippen LogP contribution in [0.3, 0.4) is 0 Å². The molecule has 0 saturated heterocycles. The third kappa shape index (κ3) is 14.9. The number of nitrogens with one attached hydrogen (secondary N) is 1. The number of halogens is 11. The van der Waals surface area contributed by atoms with Gasteiger partial charge in [0.1, 0.15) is 30.4 Å². The molecule has 0 radical (unpaired) electrons. The molecule has 0 bridgehead atoms. The van der Waals surface area contributed by atoms with Crippen molar-refractivity contribution in [1.82, 2.24) is 29.8 Å². The number of carbonyl (C=O) groups excluding carboxylic acids is 3. The number of phosphoric acid groups is 1. The topological polar surface area (TPSA) is 250 Å². The van der Waals surface area contributed by atoms with Crippen molar-refractivity contribution in [2.75, 3.05) is 37.2 Å². The minimum atomic E-state index is -5.27. The van der Waals surface area contributed by atoms with E-state index in [4.69, 9.17) is 21.4 Å². The van der Waals surface area contributed by atoms with Gasteiger partial charge in [0.05, 0.1) is 33.0 Å². The second-order valence-electron chi connectivity index (χ2n) is 20.0. The molecule has 0 saturated carbocycles. The summed E-state index contributed by atoms with van der Waals surface area (Å²) in [6.07, 6.45) is -12.2. The number of hydrogen-bond acceptors (Lipinski definition) is 12. The number of sulfonamides is 1. The number of rotatable bonds is 21. The number of nitrogens with zero attached hydrogens (tertiary/aromatic N) is 6. The van der Waals surface area contributed by atoms with Crippen molar-refractivity contribution in [2.45, 2.75) is 108 Å². The van der Waals surface area contributed by atoms with E-state index >= 15 is 8.78 Å². The Balaban J connectivity index is 1.55. The fourth-order valence-electron chi connectivity index (χ4n) is 9.15. The number of aromatic nitrogens is 4. The highest BCUT2D eigenvalue weighted by atomic mass is 35.5. The molecule has 0 unspecified atom stereocenters. The Hall–Kier alpha value is -5.85. The molecule has 5 aromatic rings. The highest BCUT2D eigenvalue weighted by Crippen LogP contribution is 2.55. The van der Waals surface area contributed by atoms with Crippen LogP contribution < -0.4 is 9.62 Å². The van der Waals surface area contributed by atoms with Gasteiger partial charge in [-0.15, -0.1) is 0 Å². The van der Waals surface area contributed by atoms with Crippen LogP contribution in [-0.2, 0) is 81.3 Å². The summed E-state index contributed by atoms with van der Waals surface area (Å²) in [4.78, 5) is 59.2. The van der Waals surface area contributed by atoms with Gasteiger partial charge >= 0.3 is 26.3 Å². The van der Waals surface area contributed by atoms with Gasteiger partial charge in [0.25, 0.3) is 5.92 Å². The molecule has 0 fully saturated rings. The minimum Gasteiger partial charge on any atom is -0.422 e. The normalized spacial score (nSPS) is 16.3. The van der Waals surface area contributed by atoms with Crippen LogP contribution in [0, 0.1) is 17.6 Å². The third-order valence-electron chi connectivity index (χ3n) is 13.6. The van der Waals surface area contributed by atoms with Gasteiger partial charge in [0.15, 0.2) is 21.3 Å². The molecule has 3 aromatic carbocycles. The predicted molar refractivity (Wildman–Crippen MR) is 272 cm³/mol. The van der Waals surface area contributed by atoms with E-state index in [2.05, 4.69) is 24.8 Å². The van der Waals surface area contributed by atoms with Crippen molar-refractivity contribution < 1.29 is 98.7 Å². The maximum Gasteiger partial charge on any atom is 0.472 e. The van der Waals surface area contributed by atoms with Gasteiger partial charge in [0, 0.05) is 49.4 Å². The molecule has 33 heteroatoms. The number of benzene rings is 3. The average molecular weight is 1240 g/mol. The lowest BCUT2D eigenvalue weighted by Crippen LogP contribution is -2.37. The first kappa shape index (κ1) is 64.3. The summed E-state index contributed by atoms with van der Waals surface area (Å²) in [7, 11) is -12.6. The molecule has 19 nitrogen and oxygen atoms in total. The first-order valence-electron chi connectivity index (χ1n) is 24.0. The fourth-order valence-corrected chi connectivity index (χ4v) is 11.0. The Morgan fingerprint density at radius 1 is 0.914 bits per heavy atom. The molecule has 3 N–H and O–H groups in total. The van der Waals surface area contributed by atoms with Gasteiger partial charge in [-0.1, -0.05) is 49.7 Å². The van der Waals surface area contributed by atoms with Gasteiger partial charge in [-0.05, 0) is 85.9 Å². The highest BCUT2D eigenvalue weighted by molar-refractivity contribution is 7.93. The SMILES string of the molecule is C[C@@H]1c2c(C(F)(F)F)nn(CC(=O)N[C@@H](Cc3cc(F)cc(F)c3)c3cc(CCC(C)(C)S(C)(=O)=O)ccc3-c3ccc(Cl)c4c(N(C(=O)CCCN(C)C(=O)OCOP(=O)(O)O)S(C)(=O)=O)nn(CC(F)(F)F)c34)c2C(F)(F)[C@@H]1C. The summed E-state index contributed by atoms with van der Waals surface area (Å²) in [5, 5.41) is 8.80. The average Bonchev–Trinajstić information content (AvgIpc) is 3.51. The van der Waals surface area contributed by atoms with Crippen LogP contribution in [0.25, 0.3) is 22.0 Å². The highest BCUT2D eigenvalue weighted by Gasteiger charge is 2.57. The van der Waals surface area contributed by atoms with Crippen molar-refractivity contribution in [3.05, 3.63) is 98.8 Å². The lowest BCUT2D eigenvalue weighted by molar-refractivity contribution is -0.143. The zero-order chi connectivity index (χ0) is 60.9. The smallest absolute Gasteiger partial charge is 0.422 e. The first-order chi connectivity index (χ1) is 37.0. The van der Waals surface area contributed by atoms with Crippen molar-refractivity contribution >= 4 is 73.9 Å². The number of carbonyl (C=O) groups is 3. The summed E-state index contributed by atoms with van der Waals surface area (Å²) >= 11 is 6.70. The molecule has 1 aliphatic carbocycles. The number of aryl methyl sites for hydroxylation is 1. The summed E-state index contributed by atoms with van der Waals surface area (Å²) in [6.45, 7) is 0.0678. The van der Waals surface area contributed by atoms with Crippen LogP contribution in [0.2, 0.25) is 5.02 Å². The summed E-state index contributed by atoms with van der Waals surface area (Å²) in [5.41, 5.74) is -5.00. The van der Waals surface area contributed by atoms with Gasteiger partial charge in [-0.25, -0.2) is 39.5 Å². The van der Waals surface area contributed by atoms with E-state index in [1.54, 1.807) is 0 Å². The molecule has 0 aliphatic heterocycles. The number of phosphoric ester groups is 1. The first-order valence-corrected chi connectivity index (χ1v) is 29.7. The quantitative estimate of drug-likeness (QED) is 0.0352. The van der Waals surface area contributed by atoms with Gasteiger partial charge in [-0.2, -0.15) is 49.6 Å². The van der Waals surface area contributed by atoms with E-state index in [1.165, 1.54) is 32.0 Å². The number of hydrogen-bond donors (Lipinski definition) is 3. The Labute approximate surface area is 461 Å². The van der Waals surface area contributed by atoms with E-state index < -0.39 is 170 Å². The number of anilines is 1. The maximum atomic E-state index is 15.9. The lowest BCUT2D eigenvalue weighted by atomic mass is 9.87. The van der Waals surface area contributed by atoms with Crippen molar-refractivity contribution in [3.63, 3.8) is 0 Å². The van der Waals surface area contributed by atoms with Crippen LogP contribution >= 0.6 is 19.4 Å². The molecular weight excluding hydrogens is 1190 g/mol. The number of sulfone groups is 1. The number of alkyl halides is 8. The lowest BCUT2D eigenvalue weighted by Gasteiger charge is -2.26. The predicted octanol–water partition coefficient (Wildman–Crippen LogP) is 9.32. The van der Waals surface area contributed by atoms with Crippen LogP contribution in [-0.4, -0.2) is 113 Å². The van der Waals surface area contributed by atoms with E-state index in [-0.39, 0.29) is 67.3 Å². The Morgan fingerprint density at radius 3 is 2.10 bits per heavy atom. The maximum absolute atomic E-state index is 15.9. The number of amides is 3.